The summed E-state index contributed by atoms with van der Waals surface area (Å²) in [7, 11) is 0. The third-order valence-corrected chi connectivity index (χ3v) is 3.72. The molecule has 1 aromatic heterocycles. The zero-order valence-electron chi connectivity index (χ0n) is 9.69. The summed E-state index contributed by atoms with van der Waals surface area (Å²) in [6, 6.07) is 3.28. The van der Waals surface area contributed by atoms with E-state index in [4.69, 9.17) is 0 Å². The molecule has 0 saturated carbocycles. The van der Waals surface area contributed by atoms with Crippen LogP contribution in [0.2, 0.25) is 0 Å². The van der Waals surface area contributed by atoms with Gasteiger partial charge in [0.25, 0.3) is 0 Å². The minimum absolute atomic E-state index is 0.580. The van der Waals surface area contributed by atoms with E-state index in [2.05, 4.69) is 20.2 Å². The van der Waals surface area contributed by atoms with Crippen molar-refractivity contribution in [2.75, 3.05) is 18.4 Å². The molecule has 1 aromatic rings. The molecule has 2 aliphatic rings. The van der Waals surface area contributed by atoms with Crippen LogP contribution < -0.4 is 5.32 Å². The van der Waals surface area contributed by atoms with E-state index in [0.29, 0.717) is 6.04 Å². The monoisotopic (exact) mass is 218 g/mol. The summed E-state index contributed by atoms with van der Waals surface area (Å²) < 4.78 is 0. The molecule has 0 amide bonds. The van der Waals surface area contributed by atoms with Gasteiger partial charge in [-0.1, -0.05) is 0 Å². The number of nitrogens with one attached hydrogen (secondary N) is 1. The van der Waals surface area contributed by atoms with Crippen LogP contribution in [-0.2, 0) is 0 Å². The maximum Gasteiger partial charge on any atom is 0.129 e. The third-order valence-electron chi connectivity index (χ3n) is 3.72. The van der Waals surface area contributed by atoms with Crippen LogP contribution in [0.5, 0.6) is 0 Å². The molecule has 0 bridgehead atoms. The largest absolute Gasteiger partial charge is 0.366 e. The van der Waals surface area contributed by atoms with E-state index in [0.717, 1.165) is 17.7 Å². The second kappa shape index (κ2) is 4.01. The van der Waals surface area contributed by atoms with Crippen molar-refractivity contribution in [3.05, 3.63) is 18.1 Å². The number of hydrogen-bond donors (Lipinski definition) is 1. The fourth-order valence-electron chi connectivity index (χ4n) is 2.98. The molecule has 2 fully saturated rings. The fourth-order valence-corrected chi connectivity index (χ4v) is 2.98. The maximum absolute atomic E-state index is 4.41. The summed E-state index contributed by atoms with van der Waals surface area (Å²) in [5, 5.41) is 3.56. The molecule has 2 atom stereocenters. The van der Waals surface area contributed by atoms with Gasteiger partial charge < -0.3 is 5.32 Å². The average molecular weight is 218 g/mol. The molecule has 1 N–H and O–H groups in total. The highest BCUT2D eigenvalue weighted by Crippen LogP contribution is 2.29. The Morgan fingerprint density at radius 2 is 2.31 bits per heavy atom. The maximum atomic E-state index is 4.41. The highest BCUT2D eigenvalue weighted by atomic mass is 15.2. The van der Waals surface area contributed by atoms with Gasteiger partial charge in [0.2, 0.25) is 0 Å². The van der Waals surface area contributed by atoms with Crippen molar-refractivity contribution in [2.45, 2.75) is 38.3 Å². The average Bonchev–Trinajstić information content (AvgIpc) is 2.83. The van der Waals surface area contributed by atoms with E-state index in [1.807, 2.05) is 19.2 Å². The van der Waals surface area contributed by atoms with Gasteiger partial charge in [0.05, 0.1) is 0 Å². The summed E-state index contributed by atoms with van der Waals surface area (Å²) in [5.74, 6) is 1.82. The Balaban J connectivity index is 1.71. The lowest BCUT2D eigenvalue weighted by molar-refractivity contribution is 0.318. The van der Waals surface area contributed by atoms with Gasteiger partial charge in [-0.15, -0.1) is 0 Å². The number of aromatic nitrogens is 2. The minimum atomic E-state index is 0.580. The highest BCUT2D eigenvalue weighted by molar-refractivity contribution is 5.35. The molecule has 3 rings (SSSR count). The molecule has 4 heteroatoms. The lowest BCUT2D eigenvalue weighted by atomic mass is 10.1. The van der Waals surface area contributed by atoms with Gasteiger partial charge in [0.15, 0.2) is 0 Å². The second-order valence-corrected chi connectivity index (χ2v) is 4.77. The molecule has 2 unspecified atom stereocenters. The quantitative estimate of drug-likeness (QED) is 0.815. The summed E-state index contributed by atoms with van der Waals surface area (Å²) >= 11 is 0. The third kappa shape index (κ3) is 1.78. The summed E-state index contributed by atoms with van der Waals surface area (Å²) in [6.45, 7) is 4.46. The van der Waals surface area contributed by atoms with Gasteiger partial charge in [0, 0.05) is 24.8 Å². The van der Waals surface area contributed by atoms with Gasteiger partial charge in [0.1, 0.15) is 11.6 Å². The first-order valence-corrected chi connectivity index (χ1v) is 6.13. The molecule has 0 spiro atoms. The van der Waals surface area contributed by atoms with Crippen molar-refractivity contribution < 1.29 is 0 Å². The Kier molecular flexibility index (Phi) is 2.52. The van der Waals surface area contributed by atoms with E-state index >= 15 is 0 Å². The fraction of sp³-hybridized carbons (Fsp3) is 0.667. The molecular formula is C12H18N4. The Hall–Kier alpha value is -1.16. The summed E-state index contributed by atoms with van der Waals surface area (Å²) in [5.41, 5.74) is 0. The molecule has 0 aromatic carbocycles. The molecule has 4 nitrogen and oxygen atoms in total. The van der Waals surface area contributed by atoms with E-state index in [9.17, 15) is 0 Å². The predicted molar refractivity (Wildman–Crippen MR) is 63.4 cm³/mol. The van der Waals surface area contributed by atoms with Crippen LogP contribution in [0.25, 0.3) is 0 Å². The molecule has 3 heterocycles. The molecule has 0 aliphatic carbocycles. The Labute approximate surface area is 96.1 Å². The van der Waals surface area contributed by atoms with Crippen molar-refractivity contribution >= 4 is 5.82 Å². The Morgan fingerprint density at radius 3 is 3.19 bits per heavy atom. The normalized spacial score (nSPS) is 29.3. The molecule has 0 radical (unpaired) electrons. The van der Waals surface area contributed by atoms with Gasteiger partial charge in [-0.3, -0.25) is 4.90 Å². The van der Waals surface area contributed by atoms with Gasteiger partial charge >= 0.3 is 0 Å². The van der Waals surface area contributed by atoms with Gasteiger partial charge in [-0.2, -0.15) is 0 Å². The van der Waals surface area contributed by atoms with Crippen molar-refractivity contribution in [3.8, 4) is 0 Å². The van der Waals surface area contributed by atoms with Crippen LogP contribution in [0.4, 0.5) is 5.82 Å². The highest BCUT2D eigenvalue weighted by Gasteiger charge is 2.37. The van der Waals surface area contributed by atoms with Gasteiger partial charge in [-0.25, -0.2) is 9.97 Å². The molecule has 2 saturated heterocycles. The number of rotatable bonds is 2. The summed E-state index contributed by atoms with van der Waals surface area (Å²) in [4.78, 5) is 11.1. The predicted octanol–water partition coefficient (Wildman–Crippen LogP) is 1.43. The number of hydrogen-bond acceptors (Lipinski definition) is 4. The SMILES string of the molecule is Cc1nccc(NC2CCN3CCCC23)n1. The number of nitrogens with zero attached hydrogens (tertiary/aromatic N) is 3. The van der Waals surface area contributed by atoms with Crippen LogP contribution in [0.3, 0.4) is 0 Å². The number of anilines is 1. The van der Waals surface area contributed by atoms with E-state index < -0.39 is 0 Å². The number of fused-ring (bicyclic) bond motifs is 1. The van der Waals surface area contributed by atoms with E-state index in [1.165, 1.54) is 32.4 Å². The standard InChI is InChI=1S/C12H18N4/c1-9-13-6-4-12(14-9)15-10-5-8-16-7-2-3-11(10)16/h4,6,10-11H,2-3,5,7-8H2,1H3,(H,13,14,15). The summed E-state index contributed by atoms with van der Waals surface area (Å²) in [6.07, 6.45) is 5.76. The molecular weight excluding hydrogens is 200 g/mol. The van der Waals surface area contributed by atoms with Crippen molar-refractivity contribution in [3.63, 3.8) is 0 Å². The van der Waals surface area contributed by atoms with Crippen molar-refractivity contribution in [2.24, 2.45) is 0 Å². The Bertz CT molecular complexity index is 379. The van der Waals surface area contributed by atoms with Crippen molar-refractivity contribution in [1.82, 2.24) is 14.9 Å². The zero-order valence-corrected chi connectivity index (χ0v) is 9.69. The van der Waals surface area contributed by atoms with E-state index in [-0.39, 0.29) is 0 Å². The van der Waals surface area contributed by atoms with Gasteiger partial charge in [-0.05, 0) is 38.8 Å². The molecule has 86 valence electrons. The molecule has 16 heavy (non-hydrogen) atoms. The zero-order chi connectivity index (χ0) is 11.0. The first-order chi connectivity index (χ1) is 7.83. The first-order valence-electron chi connectivity index (χ1n) is 6.13. The van der Waals surface area contributed by atoms with Crippen LogP contribution in [0, 0.1) is 6.92 Å². The number of aryl methyl sites for hydroxylation is 1. The van der Waals surface area contributed by atoms with Crippen LogP contribution in [0.1, 0.15) is 25.1 Å². The second-order valence-electron chi connectivity index (χ2n) is 4.77. The van der Waals surface area contributed by atoms with Crippen LogP contribution in [-0.4, -0.2) is 40.0 Å². The molecule has 2 aliphatic heterocycles. The van der Waals surface area contributed by atoms with E-state index in [1.54, 1.807) is 0 Å². The lowest BCUT2D eigenvalue weighted by Gasteiger charge is -2.21. The smallest absolute Gasteiger partial charge is 0.129 e. The minimum Gasteiger partial charge on any atom is -0.366 e. The van der Waals surface area contributed by atoms with Crippen LogP contribution >= 0.6 is 0 Å². The lowest BCUT2D eigenvalue weighted by Crippen LogP contribution is -2.34. The van der Waals surface area contributed by atoms with Crippen LogP contribution in [0.15, 0.2) is 12.3 Å². The topological polar surface area (TPSA) is 41.1 Å². The first kappa shape index (κ1) is 10.0. The Morgan fingerprint density at radius 1 is 1.38 bits per heavy atom. The van der Waals surface area contributed by atoms with Crippen molar-refractivity contribution in [1.29, 1.82) is 0 Å².